The minimum Gasteiger partial charge on any atom is -0.410 e. The lowest BCUT2D eigenvalue weighted by Gasteiger charge is -2.38. The molecular formula is C29H38O3Si2. The van der Waals surface area contributed by atoms with Crippen molar-refractivity contribution >= 4 is 16.4 Å². The lowest BCUT2D eigenvalue weighted by Crippen LogP contribution is -2.44. The fourth-order valence-corrected chi connectivity index (χ4v) is 7.61. The van der Waals surface area contributed by atoms with Gasteiger partial charge in [-0.3, -0.25) is 0 Å². The van der Waals surface area contributed by atoms with Crippen LogP contribution in [-0.4, -0.2) is 40.9 Å². The third kappa shape index (κ3) is 5.61. The standard InChI is InChI=1S/C29H38O3Si2/c1-33(2,3)28-27(31-28)26(32-34(4,5)6)22-30-29(23-16-10-7-11-17-23,24-18-12-8-13-19-24)25-20-14-9-15-21-25/h7-21,26-28H,22H2,1-6H3/t26-,27+,28+/m1/s1. The van der Waals surface area contributed by atoms with Crippen molar-refractivity contribution in [2.24, 2.45) is 0 Å². The topological polar surface area (TPSA) is 31.0 Å². The Morgan fingerprint density at radius 3 is 1.44 bits per heavy atom. The predicted octanol–water partition coefficient (Wildman–Crippen LogP) is 6.86. The Morgan fingerprint density at radius 2 is 1.12 bits per heavy atom. The van der Waals surface area contributed by atoms with Crippen molar-refractivity contribution in [3.63, 3.8) is 0 Å². The van der Waals surface area contributed by atoms with Crippen LogP contribution >= 0.6 is 0 Å². The van der Waals surface area contributed by atoms with E-state index < -0.39 is 22.0 Å². The summed E-state index contributed by atoms with van der Waals surface area (Å²) in [6.45, 7) is 14.3. The van der Waals surface area contributed by atoms with Gasteiger partial charge in [0.25, 0.3) is 0 Å². The average Bonchev–Trinajstić information content (AvgIpc) is 3.62. The quantitative estimate of drug-likeness (QED) is 0.177. The zero-order chi connectivity index (χ0) is 24.4. The molecule has 0 N–H and O–H groups in total. The van der Waals surface area contributed by atoms with Gasteiger partial charge in [0.05, 0.1) is 26.5 Å². The van der Waals surface area contributed by atoms with E-state index in [0.717, 1.165) is 16.7 Å². The summed E-state index contributed by atoms with van der Waals surface area (Å²) < 4.78 is 20.0. The van der Waals surface area contributed by atoms with Crippen LogP contribution in [0.4, 0.5) is 0 Å². The molecule has 1 heterocycles. The van der Waals surface area contributed by atoms with Crippen LogP contribution in [0.1, 0.15) is 16.7 Å². The maximum atomic E-state index is 7.09. The van der Waals surface area contributed by atoms with Gasteiger partial charge in [-0.15, -0.1) is 0 Å². The van der Waals surface area contributed by atoms with Gasteiger partial charge in [0.1, 0.15) is 11.7 Å². The maximum absolute atomic E-state index is 7.09. The van der Waals surface area contributed by atoms with Crippen LogP contribution < -0.4 is 0 Å². The van der Waals surface area contributed by atoms with Gasteiger partial charge in [-0.1, -0.05) is 111 Å². The van der Waals surface area contributed by atoms with Crippen LogP contribution in [0.25, 0.3) is 0 Å². The van der Waals surface area contributed by atoms with Crippen LogP contribution in [0.15, 0.2) is 91.0 Å². The summed E-state index contributed by atoms with van der Waals surface area (Å²) >= 11 is 0. The molecule has 0 spiro atoms. The molecular weight excluding hydrogens is 452 g/mol. The summed E-state index contributed by atoms with van der Waals surface area (Å²) in [7, 11) is -3.24. The lowest BCUT2D eigenvalue weighted by atomic mass is 9.80. The first kappa shape index (κ1) is 25.1. The highest BCUT2D eigenvalue weighted by Gasteiger charge is 2.54. The SMILES string of the molecule is C[Si](C)(C)O[C@H](COC(c1ccccc1)(c1ccccc1)c1ccccc1)[C@@H]1O[C@H]1[Si](C)(C)C. The van der Waals surface area contributed by atoms with Crippen LogP contribution in [0.3, 0.4) is 0 Å². The zero-order valence-electron chi connectivity index (χ0n) is 21.3. The largest absolute Gasteiger partial charge is 0.410 e. The van der Waals surface area contributed by atoms with Crippen LogP contribution in [0, 0.1) is 0 Å². The lowest BCUT2D eigenvalue weighted by molar-refractivity contribution is -0.0392. The van der Waals surface area contributed by atoms with Crippen molar-refractivity contribution in [1.82, 2.24) is 0 Å². The summed E-state index contributed by atoms with van der Waals surface area (Å²) in [6.07, 6.45) is 0.0253. The summed E-state index contributed by atoms with van der Waals surface area (Å²) in [5.74, 6) is 0. The molecule has 0 bridgehead atoms. The number of epoxide rings is 1. The molecule has 1 fully saturated rings. The van der Waals surface area contributed by atoms with Crippen LogP contribution in [0.2, 0.25) is 39.3 Å². The van der Waals surface area contributed by atoms with Gasteiger partial charge in [0, 0.05) is 0 Å². The first-order valence-electron chi connectivity index (χ1n) is 12.2. The van der Waals surface area contributed by atoms with Crippen molar-refractivity contribution in [3.8, 4) is 0 Å². The Kier molecular flexibility index (Phi) is 7.31. The molecule has 0 aliphatic carbocycles. The second-order valence-electron chi connectivity index (χ2n) is 11.2. The predicted molar refractivity (Wildman–Crippen MR) is 145 cm³/mol. The summed E-state index contributed by atoms with van der Waals surface area (Å²) in [5.41, 5.74) is 2.90. The van der Waals surface area contributed by atoms with Gasteiger partial charge in [0.15, 0.2) is 8.32 Å². The van der Waals surface area contributed by atoms with Gasteiger partial charge in [0.2, 0.25) is 0 Å². The van der Waals surface area contributed by atoms with E-state index in [1.807, 2.05) is 0 Å². The molecule has 5 heteroatoms. The van der Waals surface area contributed by atoms with Gasteiger partial charge < -0.3 is 13.9 Å². The highest BCUT2D eigenvalue weighted by molar-refractivity contribution is 6.78. The van der Waals surface area contributed by atoms with Gasteiger partial charge in [-0.05, 0) is 36.3 Å². The van der Waals surface area contributed by atoms with E-state index in [0.29, 0.717) is 12.3 Å². The van der Waals surface area contributed by atoms with E-state index in [1.165, 1.54) is 0 Å². The first-order chi connectivity index (χ1) is 16.1. The van der Waals surface area contributed by atoms with Crippen molar-refractivity contribution in [2.75, 3.05) is 6.61 Å². The number of ether oxygens (including phenoxy) is 2. The molecule has 3 aromatic rings. The summed E-state index contributed by atoms with van der Waals surface area (Å²) in [6, 6.07) is 31.6. The Morgan fingerprint density at radius 1 is 0.706 bits per heavy atom. The van der Waals surface area contributed by atoms with Gasteiger partial charge >= 0.3 is 0 Å². The van der Waals surface area contributed by atoms with Gasteiger partial charge in [-0.2, -0.15) is 0 Å². The highest BCUT2D eigenvalue weighted by Crippen LogP contribution is 2.42. The smallest absolute Gasteiger partial charge is 0.184 e. The van der Waals surface area contributed by atoms with E-state index >= 15 is 0 Å². The van der Waals surface area contributed by atoms with Gasteiger partial charge in [-0.25, -0.2) is 0 Å². The van der Waals surface area contributed by atoms with E-state index in [9.17, 15) is 0 Å². The minimum atomic E-state index is -1.81. The Hall–Kier alpha value is -2.03. The van der Waals surface area contributed by atoms with Crippen molar-refractivity contribution in [1.29, 1.82) is 0 Å². The Labute approximate surface area is 207 Å². The molecule has 3 nitrogen and oxygen atoms in total. The molecule has 1 aliphatic rings. The zero-order valence-corrected chi connectivity index (χ0v) is 23.3. The number of hydrogen-bond donors (Lipinski definition) is 0. The fourth-order valence-electron chi connectivity index (χ4n) is 4.73. The molecule has 0 saturated carbocycles. The molecule has 1 aliphatic heterocycles. The van der Waals surface area contributed by atoms with Crippen LogP contribution in [-0.2, 0) is 19.5 Å². The molecule has 0 unspecified atom stereocenters. The third-order valence-corrected chi connectivity index (χ3v) is 9.44. The number of hydrogen-bond acceptors (Lipinski definition) is 3. The van der Waals surface area contributed by atoms with E-state index in [-0.39, 0.29) is 12.2 Å². The van der Waals surface area contributed by atoms with Crippen molar-refractivity contribution in [2.45, 2.75) is 62.8 Å². The van der Waals surface area contributed by atoms with Crippen molar-refractivity contribution < 1.29 is 13.9 Å². The summed E-state index contributed by atoms with van der Waals surface area (Å²) in [4.78, 5) is 0. The Bertz CT molecular complexity index is 947. The highest BCUT2D eigenvalue weighted by atomic mass is 28.4. The molecule has 0 amide bonds. The molecule has 0 radical (unpaired) electrons. The first-order valence-corrected chi connectivity index (χ1v) is 19.2. The average molecular weight is 491 g/mol. The molecule has 180 valence electrons. The fraction of sp³-hybridized carbons (Fsp3) is 0.379. The second-order valence-corrected chi connectivity index (χ2v) is 21.0. The third-order valence-electron chi connectivity index (χ3n) is 6.26. The van der Waals surface area contributed by atoms with E-state index in [4.69, 9.17) is 13.9 Å². The number of rotatable bonds is 10. The van der Waals surface area contributed by atoms with Crippen molar-refractivity contribution in [3.05, 3.63) is 108 Å². The van der Waals surface area contributed by atoms with E-state index in [1.54, 1.807) is 0 Å². The molecule has 4 rings (SSSR count). The molecule has 3 aromatic carbocycles. The maximum Gasteiger partial charge on any atom is 0.184 e. The molecule has 0 aromatic heterocycles. The normalized spacial score (nSPS) is 19.6. The van der Waals surface area contributed by atoms with Crippen LogP contribution in [0.5, 0.6) is 0 Å². The molecule has 3 atom stereocenters. The number of benzene rings is 3. The second kappa shape index (κ2) is 9.92. The molecule has 1 saturated heterocycles. The van der Waals surface area contributed by atoms with E-state index in [2.05, 4.69) is 130 Å². The Balaban J connectivity index is 1.76. The minimum absolute atomic E-state index is 0.0843. The summed E-state index contributed by atoms with van der Waals surface area (Å²) in [5, 5.41) is 0. The molecule has 34 heavy (non-hydrogen) atoms. The monoisotopic (exact) mass is 490 g/mol.